The summed E-state index contributed by atoms with van der Waals surface area (Å²) in [5.41, 5.74) is -1.42. The Kier molecular flexibility index (Phi) is 6.32. The summed E-state index contributed by atoms with van der Waals surface area (Å²) >= 11 is 6.14. The second kappa shape index (κ2) is 8.87. The highest BCUT2D eigenvalue weighted by atomic mass is 35.5. The Hall–Kier alpha value is -1.48. The van der Waals surface area contributed by atoms with Gasteiger partial charge in [0.15, 0.2) is 5.78 Å². The van der Waals surface area contributed by atoms with Gasteiger partial charge >= 0.3 is 0 Å². The molecule has 186 valence electrons. The summed E-state index contributed by atoms with van der Waals surface area (Å²) in [6.45, 7) is 0.206. The molecule has 9 heteroatoms. The molecule has 7 nitrogen and oxygen atoms in total. The van der Waals surface area contributed by atoms with Crippen molar-refractivity contribution in [1.29, 1.82) is 0 Å². The standard InChI is InChI=1S/C25H33ClN2O5S/c26-20-4-1-2-5-21(20)34(32,33)28-25(6-3-7-25)22(30)12-19-17-10-16-11-18(19)15-24(13-16,14-17)23(31)27-8-9-29/h1-2,4-5,16-19,28-29H,3,6-15H2,(H,27,31). The number of carbonyl (C=O) groups excluding carboxylic acids is 2. The van der Waals surface area contributed by atoms with Gasteiger partial charge in [-0.25, -0.2) is 8.42 Å². The minimum absolute atomic E-state index is 0.00111. The van der Waals surface area contributed by atoms with E-state index in [2.05, 4.69) is 10.0 Å². The molecule has 34 heavy (non-hydrogen) atoms. The SMILES string of the molecule is O=C(NCCO)C12CC3CC(C1)C(CC(=O)C1(NS(=O)(=O)c4ccccc4Cl)CCC1)C(C3)C2. The molecule has 0 saturated heterocycles. The van der Waals surface area contributed by atoms with Gasteiger partial charge in [-0.05, 0) is 87.2 Å². The van der Waals surface area contributed by atoms with Gasteiger partial charge in [0.25, 0.3) is 0 Å². The molecule has 2 unspecified atom stereocenters. The molecule has 0 aromatic heterocycles. The van der Waals surface area contributed by atoms with E-state index in [9.17, 15) is 18.0 Å². The number of amides is 1. The summed E-state index contributed by atoms with van der Waals surface area (Å²) in [6.07, 6.45) is 6.75. The summed E-state index contributed by atoms with van der Waals surface area (Å²) in [6, 6.07) is 6.29. The minimum atomic E-state index is -3.92. The molecule has 5 fully saturated rings. The number of aliphatic hydroxyl groups is 1. The first-order chi connectivity index (χ1) is 16.2. The fourth-order valence-electron chi connectivity index (χ4n) is 7.45. The first-order valence-corrected chi connectivity index (χ1v) is 14.3. The number of hydrogen-bond acceptors (Lipinski definition) is 5. The van der Waals surface area contributed by atoms with Crippen molar-refractivity contribution in [1.82, 2.24) is 10.0 Å². The van der Waals surface area contributed by atoms with Crippen molar-refractivity contribution in [2.24, 2.45) is 29.1 Å². The van der Waals surface area contributed by atoms with Gasteiger partial charge in [-0.1, -0.05) is 23.7 Å². The number of benzene rings is 1. The van der Waals surface area contributed by atoms with Crippen molar-refractivity contribution in [2.45, 2.75) is 68.2 Å². The third kappa shape index (κ3) is 4.10. The maximum atomic E-state index is 13.6. The number of Topliss-reactive ketones (excluding diaryl/α,β-unsaturated/α-hetero) is 1. The van der Waals surface area contributed by atoms with Gasteiger partial charge in [-0.15, -0.1) is 0 Å². The zero-order valence-electron chi connectivity index (χ0n) is 19.3. The third-order valence-electron chi connectivity index (χ3n) is 8.97. The molecule has 0 heterocycles. The lowest BCUT2D eigenvalue weighted by Crippen LogP contribution is -2.61. The Morgan fingerprint density at radius 1 is 1.09 bits per heavy atom. The molecule has 4 bridgehead atoms. The van der Waals surface area contributed by atoms with Crippen LogP contribution in [-0.4, -0.2) is 43.9 Å². The van der Waals surface area contributed by atoms with E-state index in [4.69, 9.17) is 16.7 Å². The second-order valence-electron chi connectivity index (χ2n) is 11.0. The maximum absolute atomic E-state index is 13.6. The lowest BCUT2D eigenvalue weighted by molar-refractivity contribution is -0.155. The Bertz CT molecular complexity index is 1070. The molecule has 6 rings (SSSR count). The zero-order valence-corrected chi connectivity index (χ0v) is 20.8. The molecule has 0 aliphatic heterocycles. The van der Waals surface area contributed by atoms with Crippen LogP contribution < -0.4 is 10.0 Å². The molecule has 5 aliphatic rings. The van der Waals surface area contributed by atoms with Gasteiger partial charge in [0, 0.05) is 18.4 Å². The van der Waals surface area contributed by atoms with E-state index in [0.29, 0.717) is 37.0 Å². The first-order valence-electron chi connectivity index (χ1n) is 12.4. The third-order valence-corrected chi connectivity index (χ3v) is 11.0. The lowest BCUT2D eigenvalue weighted by Gasteiger charge is -2.59. The van der Waals surface area contributed by atoms with Gasteiger partial charge in [-0.2, -0.15) is 4.72 Å². The molecular formula is C25H33ClN2O5S. The van der Waals surface area contributed by atoms with Crippen LogP contribution in [0.5, 0.6) is 0 Å². The van der Waals surface area contributed by atoms with E-state index in [1.54, 1.807) is 12.1 Å². The molecule has 0 radical (unpaired) electrons. The van der Waals surface area contributed by atoms with Crippen molar-refractivity contribution in [3.63, 3.8) is 0 Å². The smallest absolute Gasteiger partial charge is 0.242 e. The van der Waals surface area contributed by atoms with Gasteiger partial charge in [0.2, 0.25) is 15.9 Å². The molecule has 2 atom stereocenters. The quantitative estimate of drug-likeness (QED) is 0.474. The Morgan fingerprint density at radius 3 is 2.35 bits per heavy atom. The average Bonchev–Trinajstić information content (AvgIpc) is 2.76. The fraction of sp³-hybridized carbons (Fsp3) is 0.680. The van der Waals surface area contributed by atoms with Crippen molar-refractivity contribution in [3.8, 4) is 0 Å². The Balaban J connectivity index is 1.31. The van der Waals surface area contributed by atoms with Crippen LogP contribution in [0.4, 0.5) is 0 Å². The van der Waals surface area contributed by atoms with E-state index in [0.717, 1.165) is 38.5 Å². The summed E-state index contributed by atoms with van der Waals surface area (Å²) in [7, 11) is -3.92. The average molecular weight is 509 g/mol. The van der Waals surface area contributed by atoms with Crippen LogP contribution in [-0.2, 0) is 19.6 Å². The predicted molar refractivity (Wildman–Crippen MR) is 128 cm³/mol. The van der Waals surface area contributed by atoms with Gasteiger partial charge in [0.1, 0.15) is 4.90 Å². The molecule has 0 spiro atoms. The number of rotatable bonds is 9. The zero-order chi connectivity index (χ0) is 24.1. The largest absolute Gasteiger partial charge is 0.395 e. The normalized spacial score (nSPS) is 33.4. The summed E-state index contributed by atoms with van der Waals surface area (Å²) in [4.78, 5) is 26.6. The van der Waals surface area contributed by atoms with Crippen LogP contribution in [0, 0.1) is 29.1 Å². The molecule has 1 aromatic carbocycles. The molecule has 5 aliphatic carbocycles. The van der Waals surface area contributed by atoms with Crippen molar-refractivity contribution in [2.75, 3.05) is 13.2 Å². The van der Waals surface area contributed by atoms with Gasteiger partial charge in [-0.3, -0.25) is 9.59 Å². The van der Waals surface area contributed by atoms with Gasteiger partial charge < -0.3 is 10.4 Å². The van der Waals surface area contributed by atoms with Crippen LogP contribution in [0.2, 0.25) is 5.02 Å². The highest BCUT2D eigenvalue weighted by Gasteiger charge is 2.59. The first kappa shape index (κ1) is 24.2. The second-order valence-corrected chi connectivity index (χ2v) is 13.1. The van der Waals surface area contributed by atoms with E-state index in [1.165, 1.54) is 12.1 Å². The molecule has 1 aromatic rings. The number of ketones is 1. The van der Waals surface area contributed by atoms with Crippen LogP contribution in [0.25, 0.3) is 0 Å². The van der Waals surface area contributed by atoms with E-state index in [-0.39, 0.29) is 46.1 Å². The van der Waals surface area contributed by atoms with Crippen LogP contribution in [0.3, 0.4) is 0 Å². The highest BCUT2D eigenvalue weighted by molar-refractivity contribution is 7.89. The van der Waals surface area contributed by atoms with Crippen LogP contribution in [0.15, 0.2) is 29.2 Å². The van der Waals surface area contributed by atoms with Crippen molar-refractivity contribution in [3.05, 3.63) is 29.3 Å². The molecule has 5 saturated carbocycles. The van der Waals surface area contributed by atoms with Crippen LogP contribution in [0.1, 0.15) is 57.8 Å². The van der Waals surface area contributed by atoms with E-state index in [1.807, 2.05) is 0 Å². The maximum Gasteiger partial charge on any atom is 0.242 e. The summed E-state index contributed by atoms with van der Waals surface area (Å²) in [5, 5.41) is 12.1. The number of carbonyl (C=O) groups is 2. The number of aliphatic hydroxyl groups excluding tert-OH is 1. The predicted octanol–water partition coefficient (Wildman–Crippen LogP) is 3.05. The monoisotopic (exact) mass is 508 g/mol. The highest BCUT2D eigenvalue weighted by Crippen LogP contribution is 2.63. The number of halogens is 1. The Labute approximate surface area is 206 Å². The molecule has 3 N–H and O–H groups in total. The lowest BCUT2D eigenvalue weighted by atomic mass is 9.45. The summed E-state index contributed by atoms with van der Waals surface area (Å²) in [5.74, 6) is 1.37. The Morgan fingerprint density at radius 2 is 1.76 bits per heavy atom. The minimum Gasteiger partial charge on any atom is -0.395 e. The van der Waals surface area contributed by atoms with Crippen molar-refractivity contribution >= 4 is 33.3 Å². The van der Waals surface area contributed by atoms with Crippen LogP contribution >= 0.6 is 11.6 Å². The summed E-state index contributed by atoms with van der Waals surface area (Å²) < 4.78 is 28.9. The topological polar surface area (TPSA) is 113 Å². The van der Waals surface area contributed by atoms with Crippen molar-refractivity contribution < 1.29 is 23.1 Å². The number of nitrogens with one attached hydrogen (secondary N) is 2. The number of sulfonamides is 1. The number of hydrogen-bond donors (Lipinski definition) is 3. The molecular weight excluding hydrogens is 476 g/mol. The van der Waals surface area contributed by atoms with E-state index >= 15 is 0 Å². The fourth-order valence-corrected chi connectivity index (χ4v) is 9.42. The van der Waals surface area contributed by atoms with E-state index < -0.39 is 15.6 Å². The molecule has 1 amide bonds. The van der Waals surface area contributed by atoms with Gasteiger partial charge in [0.05, 0.1) is 17.2 Å².